The van der Waals surface area contributed by atoms with Crippen molar-refractivity contribution in [2.75, 3.05) is 13.2 Å². The smallest absolute Gasteiger partial charge is 0.450 e. The van der Waals surface area contributed by atoms with Crippen molar-refractivity contribution in [3.63, 3.8) is 0 Å². The summed E-state index contributed by atoms with van der Waals surface area (Å²) >= 11 is 0. The summed E-state index contributed by atoms with van der Waals surface area (Å²) in [6.45, 7) is -0.541. The fourth-order valence-corrected chi connectivity index (χ4v) is 0.466. The number of carbonyl (C=O) groups excluding carboxylic acids is 1. The summed E-state index contributed by atoms with van der Waals surface area (Å²) in [4.78, 5) is 10.4. The van der Waals surface area contributed by atoms with E-state index >= 15 is 0 Å². The lowest BCUT2D eigenvalue weighted by molar-refractivity contribution is -0.278. The highest BCUT2D eigenvalue weighted by Gasteiger charge is 2.57. The van der Waals surface area contributed by atoms with Crippen molar-refractivity contribution in [2.45, 2.75) is 19.0 Å². The van der Waals surface area contributed by atoms with Crippen LogP contribution in [0.15, 0.2) is 0 Å². The largest absolute Gasteiger partial charge is 0.455 e. The van der Waals surface area contributed by atoms with Gasteiger partial charge in [-0.2, -0.15) is 22.0 Å². The molecule has 0 aliphatic heterocycles. The van der Waals surface area contributed by atoms with Crippen molar-refractivity contribution in [3.8, 4) is 0 Å². The Labute approximate surface area is 76.2 Å². The van der Waals surface area contributed by atoms with Gasteiger partial charge in [0.1, 0.15) is 0 Å². The molecule has 0 bridgehead atoms. The molecule has 0 atom stereocenters. The second-order valence-corrected chi connectivity index (χ2v) is 2.28. The third kappa shape index (κ3) is 3.75. The molecular formula is C6H8F5NO2. The highest BCUT2D eigenvalue weighted by atomic mass is 19.4. The number of amides is 1. The molecular weight excluding hydrogens is 213 g/mol. The Hall–Kier alpha value is -1.08. The van der Waals surface area contributed by atoms with Crippen LogP contribution in [-0.4, -0.2) is 31.3 Å². The summed E-state index contributed by atoms with van der Waals surface area (Å²) in [7, 11) is 0. The maximum atomic E-state index is 12.1. The Morgan fingerprint density at radius 2 is 1.79 bits per heavy atom. The van der Waals surface area contributed by atoms with Crippen LogP contribution in [0.3, 0.4) is 0 Å². The van der Waals surface area contributed by atoms with Crippen LogP contribution in [-0.2, 0) is 4.74 Å². The van der Waals surface area contributed by atoms with E-state index in [-0.39, 0.29) is 6.61 Å². The number of alkyl halides is 5. The van der Waals surface area contributed by atoms with Crippen LogP contribution < -0.4 is 5.32 Å². The van der Waals surface area contributed by atoms with Gasteiger partial charge in [-0.1, -0.05) is 0 Å². The Bertz CT molecular complexity index is 203. The highest BCUT2D eigenvalue weighted by Crippen LogP contribution is 2.34. The van der Waals surface area contributed by atoms with Crippen LogP contribution in [0.4, 0.5) is 26.7 Å². The molecule has 0 heterocycles. The lowest BCUT2D eigenvalue weighted by Crippen LogP contribution is -2.46. The highest BCUT2D eigenvalue weighted by molar-refractivity contribution is 5.67. The van der Waals surface area contributed by atoms with E-state index in [2.05, 4.69) is 4.74 Å². The van der Waals surface area contributed by atoms with Gasteiger partial charge in [-0.15, -0.1) is 0 Å². The standard InChI is InChI=1S/C6H8F5NO2/c1-2-14-4(13)12-3-5(7,8)6(9,10)11/h2-3H2,1H3,(H,12,13). The Morgan fingerprint density at radius 3 is 2.14 bits per heavy atom. The zero-order valence-electron chi connectivity index (χ0n) is 7.12. The number of rotatable bonds is 3. The van der Waals surface area contributed by atoms with Crippen LogP contribution in [0.1, 0.15) is 6.92 Å². The molecule has 3 nitrogen and oxygen atoms in total. The first-order valence-corrected chi connectivity index (χ1v) is 3.56. The van der Waals surface area contributed by atoms with Crippen molar-refractivity contribution < 1.29 is 31.5 Å². The molecule has 0 spiro atoms. The van der Waals surface area contributed by atoms with E-state index in [0.29, 0.717) is 0 Å². The molecule has 84 valence electrons. The Morgan fingerprint density at radius 1 is 1.29 bits per heavy atom. The van der Waals surface area contributed by atoms with Gasteiger partial charge >= 0.3 is 18.2 Å². The van der Waals surface area contributed by atoms with Crippen LogP contribution in [0.5, 0.6) is 0 Å². The van der Waals surface area contributed by atoms with Crippen LogP contribution >= 0.6 is 0 Å². The summed E-state index contributed by atoms with van der Waals surface area (Å²) in [6, 6.07) is 0. The van der Waals surface area contributed by atoms with Crippen molar-refractivity contribution in [1.29, 1.82) is 0 Å². The quantitative estimate of drug-likeness (QED) is 0.739. The van der Waals surface area contributed by atoms with E-state index in [1.54, 1.807) is 0 Å². The van der Waals surface area contributed by atoms with Gasteiger partial charge in [-0.3, -0.25) is 0 Å². The van der Waals surface area contributed by atoms with Crippen molar-refractivity contribution in [3.05, 3.63) is 0 Å². The molecule has 14 heavy (non-hydrogen) atoms. The summed E-state index contributed by atoms with van der Waals surface area (Å²) in [5, 5.41) is 1.30. The molecule has 0 saturated carbocycles. The molecule has 0 saturated heterocycles. The molecule has 0 radical (unpaired) electrons. The fourth-order valence-electron chi connectivity index (χ4n) is 0.466. The minimum atomic E-state index is -5.67. The zero-order chi connectivity index (χ0) is 11.4. The second kappa shape index (κ2) is 4.43. The lowest BCUT2D eigenvalue weighted by atomic mass is 10.3. The van der Waals surface area contributed by atoms with Gasteiger partial charge in [0.15, 0.2) is 0 Å². The normalized spacial score (nSPS) is 12.4. The van der Waals surface area contributed by atoms with Crippen molar-refractivity contribution in [1.82, 2.24) is 5.32 Å². The fraction of sp³-hybridized carbons (Fsp3) is 0.833. The molecule has 1 amide bonds. The van der Waals surface area contributed by atoms with E-state index < -0.39 is 24.7 Å². The van der Waals surface area contributed by atoms with Gasteiger partial charge in [0.25, 0.3) is 0 Å². The molecule has 0 aromatic rings. The SMILES string of the molecule is CCOC(=O)NCC(F)(F)C(F)(F)F. The summed E-state index contributed by atoms with van der Waals surface area (Å²) in [5.41, 5.74) is 0. The van der Waals surface area contributed by atoms with E-state index in [4.69, 9.17) is 0 Å². The number of hydrogen-bond donors (Lipinski definition) is 1. The molecule has 0 fully saturated rings. The van der Waals surface area contributed by atoms with Gasteiger partial charge in [0.2, 0.25) is 0 Å². The minimum absolute atomic E-state index is 0.108. The van der Waals surface area contributed by atoms with Gasteiger partial charge < -0.3 is 10.1 Å². The first-order chi connectivity index (χ1) is 6.20. The number of alkyl carbamates (subject to hydrolysis) is 1. The number of halogens is 5. The maximum absolute atomic E-state index is 12.1. The molecule has 1 N–H and O–H groups in total. The lowest BCUT2D eigenvalue weighted by Gasteiger charge is -2.19. The van der Waals surface area contributed by atoms with Gasteiger partial charge in [-0.05, 0) is 6.92 Å². The average Bonchev–Trinajstić information content (AvgIpc) is 1.99. The third-order valence-electron chi connectivity index (χ3n) is 1.14. The molecule has 0 aromatic heterocycles. The monoisotopic (exact) mass is 221 g/mol. The Kier molecular flexibility index (Phi) is 4.08. The molecule has 0 aromatic carbocycles. The first kappa shape index (κ1) is 12.9. The Balaban J connectivity index is 4.06. The van der Waals surface area contributed by atoms with E-state index in [1.165, 1.54) is 12.2 Å². The predicted molar refractivity (Wildman–Crippen MR) is 36.0 cm³/mol. The molecule has 0 aliphatic carbocycles. The first-order valence-electron chi connectivity index (χ1n) is 3.56. The number of ether oxygens (including phenoxy) is 1. The summed E-state index contributed by atoms with van der Waals surface area (Å²) < 4.78 is 63.0. The minimum Gasteiger partial charge on any atom is -0.450 e. The number of carbonyl (C=O) groups is 1. The number of hydrogen-bond acceptors (Lipinski definition) is 2. The summed E-state index contributed by atoms with van der Waals surface area (Å²) in [5.74, 6) is -4.94. The molecule has 8 heteroatoms. The van der Waals surface area contributed by atoms with Crippen molar-refractivity contribution in [2.24, 2.45) is 0 Å². The predicted octanol–water partition coefficient (Wildman–Crippen LogP) is 1.93. The second-order valence-electron chi connectivity index (χ2n) is 2.28. The van der Waals surface area contributed by atoms with Crippen molar-refractivity contribution >= 4 is 6.09 Å². The maximum Gasteiger partial charge on any atom is 0.455 e. The van der Waals surface area contributed by atoms with Crippen LogP contribution in [0.25, 0.3) is 0 Å². The topological polar surface area (TPSA) is 38.3 Å². The average molecular weight is 221 g/mol. The zero-order valence-corrected chi connectivity index (χ0v) is 7.12. The molecule has 0 rings (SSSR count). The van der Waals surface area contributed by atoms with E-state index in [1.807, 2.05) is 0 Å². The van der Waals surface area contributed by atoms with E-state index in [0.717, 1.165) is 0 Å². The van der Waals surface area contributed by atoms with Crippen LogP contribution in [0.2, 0.25) is 0 Å². The number of nitrogens with one attached hydrogen (secondary N) is 1. The van der Waals surface area contributed by atoms with Gasteiger partial charge in [0, 0.05) is 0 Å². The van der Waals surface area contributed by atoms with Gasteiger partial charge in [-0.25, -0.2) is 4.79 Å². The van der Waals surface area contributed by atoms with Gasteiger partial charge in [0.05, 0.1) is 13.2 Å². The molecule has 0 aliphatic rings. The van der Waals surface area contributed by atoms with Crippen LogP contribution in [0, 0.1) is 0 Å². The third-order valence-corrected chi connectivity index (χ3v) is 1.14. The summed E-state index contributed by atoms with van der Waals surface area (Å²) in [6.07, 6.45) is -6.98. The molecule has 0 unspecified atom stereocenters. The van der Waals surface area contributed by atoms with E-state index in [9.17, 15) is 26.7 Å².